The van der Waals surface area contributed by atoms with Gasteiger partial charge in [-0.05, 0) is 50.1 Å². The van der Waals surface area contributed by atoms with E-state index < -0.39 is 0 Å². The quantitative estimate of drug-likeness (QED) is 0.518. The van der Waals surface area contributed by atoms with Crippen LogP contribution in [-0.4, -0.2) is 40.8 Å². The van der Waals surface area contributed by atoms with Gasteiger partial charge in [0.25, 0.3) is 0 Å². The number of rotatable bonds is 11. The van der Waals surface area contributed by atoms with E-state index in [1.807, 2.05) is 38.1 Å². The summed E-state index contributed by atoms with van der Waals surface area (Å²) in [5.74, 6) is 2.30. The van der Waals surface area contributed by atoms with Crippen LogP contribution in [0.25, 0.3) is 11.4 Å². The number of hydrogen-bond acceptors (Lipinski definition) is 7. The molecule has 2 aromatic heterocycles. The highest BCUT2D eigenvalue weighted by molar-refractivity contribution is 5.76. The fourth-order valence-electron chi connectivity index (χ4n) is 2.87. The lowest BCUT2D eigenvalue weighted by Gasteiger charge is -2.12. The number of nitrogens with zero attached hydrogens (tertiary/aromatic N) is 3. The van der Waals surface area contributed by atoms with Crippen LogP contribution in [0.2, 0.25) is 0 Å². The van der Waals surface area contributed by atoms with E-state index in [-0.39, 0.29) is 12.3 Å². The van der Waals surface area contributed by atoms with Gasteiger partial charge in [-0.25, -0.2) is 0 Å². The highest BCUT2D eigenvalue weighted by Gasteiger charge is 2.11. The minimum absolute atomic E-state index is 0.0629. The Kier molecular flexibility index (Phi) is 7.77. The molecule has 3 aromatic rings. The van der Waals surface area contributed by atoms with Crippen LogP contribution in [-0.2, 0) is 17.6 Å². The van der Waals surface area contributed by atoms with Crippen LogP contribution in [0.4, 0.5) is 0 Å². The molecule has 8 heteroatoms. The largest absolute Gasteiger partial charge is 0.490 e. The van der Waals surface area contributed by atoms with E-state index in [1.165, 1.54) is 0 Å². The molecule has 0 spiro atoms. The molecule has 2 heterocycles. The molecule has 3 rings (SSSR count). The summed E-state index contributed by atoms with van der Waals surface area (Å²) in [6.45, 7) is 5.56. The lowest BCUT2D eigenvalue weighted by molar-refractivity contribution is -0.121. The number of aryl methyl sites for hydroxylation is 1. The predicted octanol–water partition coefficient (Wildman–Crippen LogP) is 3.22. The Morgan fingerprint density at radius 1 is 1.10 bits per heavy atom. The number of benzene rings is 1. The predicted molar refractivity (Wildman–Crippen MR) is 111 cm³/mol. The van der Waals surface area contributed by atoms with Gasteiger partial charge in [-0.15, -0.1) is 0 Å². The van der Waals surface area contributed by atoms with Gasteiger partial charge in [-0.3, -0.25) is 9.78 Å². The monoisotopic (exact) mass is 410 g/mol. The van der Waals surface area contributed by atoms with Crippen molar-refractivity contribution in [3.63, 3.8) is 0 Å². The Morgan fingerprint density at radius 2 is 1.93 bits per heavy atom. The van der Waals surface area contributed by atoms with Gasteiger partial charge >= 0.3 is 0 Å². The molecule has 158 valence electrons. The van der Waals surface area contributed by atoms with Crippen molar-refractivity contribution in [2.24, 2.45) is 0 Å². The average molecular weight is 410 g/mol. The minimum atomic E-state index is -0.0629. The summed E-state index contributed by atoms with van der Waals surface area (Å²) in [6, 6.07) is 9.50. The number of ether oxygens (including phenoxy) is 2. The average Bonchev–Trinajstić information content (AvgIpc) is 3.24. The van der Waals surface area contributed by atoms with Crippen LogP contribution in [0.1, 0.15) is 31.7 Å². The molecular weight excluding hydrogens is 384 g/mol. The van der Waals surface area contributed by atoms with Crippen molar-refractivity contribution in [2.45, 2.75) is 33.1 Å². The summed E-state index contributed by atoms with van der Waals surface area (Å²) in [5.41, 5.74) is 1.85. The first-order valence-corrected chi connectivity index (χ1v) is 10.1. The Hall–Kier alpha value is -3.42. The maximum Gasteiger partial charge on any atom is 0.227 e. The van der Waals surface area contributed by atoms with E-state index in [1.54, 1.807) is 18.5 Å². The fraction of sp³-hybridized carbons (Fsp3) is 0.364. The van der Waals surface area contributed by atoms with Crippen LogP contribution in [0.15, 0.2) is 47.2 Å². The van der Waals surface area contributed by atoms with E-state index in [4.69, 9.17) is 14.0 Å². The van der Waals surface area contributed by atoms with Crippen molar-refractivity contribution in [3.05, 3.63) is 54.2 Å². The van der Waals surface area contributed by atoms with Crippen LogP contribution in [0.3, 0.4) is 0 Å². The number of carbonyl (C=O) groups excluding carboxylic acids is 1. The Bertz CT molecular complexity index is 943. The number of pyridine rings is 1. The van der Waals surface area contributed by atoms with Crippen molar-refractivity contribution < 1.29 is 18.8 Å². The first kappa shape index (κ1) is 21.3. The van der Waals surface area contributed by atoms with Gasteiger partial charge in [0.05, 0.1) is 13.2 Å². The van der Waals surface area contributed by atoms with Gasteiger partial charge < -0.3 is 19.3 Å². The summed E-state index contributed by atoms with van der Waals surface area (Å²) >= 11 is 0. The maximum absolute atomic E-state index is 12.1. The number of amides is 1. The zero-order valence-corrected chi connectivity index (χ0v) is 17.3. The molecule has 0 radical (unpaired) electrons. The van der Waals surface area contributed by atoms with Gasteiger partial charge in [0.15, 0.2) is 11.5 Å². The second kappa shape index (κ2) is 10.9. The highest BCUT2D eigenvalue weighted by atomic mass is 16.5. The fourth-order valence-corrected chi connectivity index (χ4v) is 2.87. The van der Waals surface area contributed by atoms with Crippen molar-refractivity contribution >= 4 is 5.91 Å². The van der Waals surface area contributed by atoms with Gasteiger partial charge in [0, 0.05) is 37.3 Å². The third-order valence-electron chi connectivity index (χ3n) is 4.30. The Balaban J connectivity index is 1.44. The minimum Gasteiger partial charge on any atom is -0.490 e. The van der Waals surface area contributed by atoms with E-state index in [9.17, 15) is 4.79 Å². The molecule has 0 unspecified atom stereocenters. The third-order valence-corrected chi connectivity index (χ3v) is 4.30. The summed E-state index contributed by atoms with van der Waals surface area (Å²) in [7, 11) is 0. The van der Waals surface area contributed by atoms with Crippen molar-refractivity contribution in [3.8, 4) is 22.9 Å². The summed E-state index contributed by atoms with van der Waals surface area (Å²) < 4.78 is 16.4. The van der Waals surface area contributed by atoms with Crippen LogP contribution >= 0.6 is 0 Å². The summed E-state index contributed by atoms with van der Waals surface area (Å²) in [5, 5.41) is 6.85. The molecule has 1 amide bonds. The zero-order valence-electron chi connectivity index (χ0n) is 17.3. The molecule has 0 aliphatic carbocycles. The molecule has 30 heavy (non-hydrogen) atoms. The molecular formula is C22H26N4O4. The second-order valence-electron chi connectivity index (χ2n) is 6.50. The second-order valence-corrected chi connectivity index (χ2v) is 6.50. The Morgan fingerprint density at radius 3 is 2.70 bits per heavy atom. The number of carbonyl (C=O) groups is 1. The number of aromatic nitrogens is 3. The molecule has 0 aliphatic rings. The van der Waals surface area contributed by atoms with Gasteiger partial charge in [0.2, 0.25) is 17.6 Å². The smallest absolute Gasteiger partial charge is 0.227 e. The number of nitrogens with one attached hydrogen (secondary N) is 1. The first-order chi connectivity index (χ1) is 14.7. The Labute approximate surface area is 175 Å². The standard InChI is InChI=1S/C22H26N4O4/c1-3-28-18-8-7-16(14-19(18)29-4-2)11-13-24-20(27)9-10-21-25-22(26-30-21)17-6-5-12-23-15-17/h5-8,12,14-15H,3-4,9-11,13H2,1-2H3,(H,24,27). The van der Waals surface area contributed by atoms with Crippen LogP contribution in [0, 0.1) is 0 Å². The van der Waals surface area contributed by atoms with E-state index in [2.05, 4.69) is 20.4 Å². The molecule has 0 bridgehead atoms. The van der Waals surface area contributed by atoms with Crippen LogP contribution in [0.5, 0.6) is 11.5 Å². The normalized spacial score (nSPS) is 10.6. The molecule has 0 saturated heterocycles. The SMILES string of the molecule is CCOc1ccc(CCNC(=O)CCc2nc(-c3cccnc3)no2)cc1OCC. The topological polar surface area (TPSA) is 99.4 Å². The molecule has 0 aliphatic heterocycles. The van der Waals surface area contributed by atoms with Crippen LogP contribution < -0.4 is 14.8 Å². The van der Waals surface area contributed by atoms with Crippen molar-refractivity contribution in [1.82, 2.24) is 20.4 Å². The van der Waals surface area contributed by atoms with E-state index >= 15 is 0 Å². The van der Waals surface area contributed by atoms with Crippen molar-refractivity contribution in [2.75, 3.05) is 19.8 Å². The molecule has 0 atom stereocenters. The van der Waals surface area contributed by atoms with E-state index in [0.717, 1.165) is 22.6 Å². The van der Waals surface area contributed by atoms with Gasteiger partial charge in [0.1, 0.15) is 0 Å². The highest BCUT2D eigenvalue weighted by Crippen LogP contribution is 2.28. The van der Waals surface area contributed by atoms with Gasteiger partial charge in [-0.1, -0.05) is 11.2 Å². The molecule has 0 saturated carbocycles. The maximum atomic E-state index is 12.1. The molecule has 1 N–H and O–H groups in total. The molecule has 0 fully saturated rings. The lowest BCUT2D eigenvalue weighted by Crippen LogP contribution is -2.25. The summed E-state index contributed by atoms with van der Waals surface area (Å²) in [6.07, 6.45) is 4.71. The molecule has 8 nitrogen and oxygen atoms in total. The number of hydrogen-bond donors (Lipinski definition) is 1. The first-order valence-electron chi connectivity index (χ1n) is 10.1. The molecule has 1 aromatic carbocycles. The zero-order chi connectivity index (χ0) is 21.2. The lowest BCUT2D eigenvalue weighted by atomic mass is 10.1. The van der Waals surface area contributed by atoms with Gasteiger partial charge in [-0.2, -0.15) is 4.98 Å². The summed E-state index contributed by atoms with van der Waals surface area (Å²) in [4.78, 5) is 20.5. The van der Waals surface area contributed by atoms with E-state index in [0.29, 0.717) is 44.3 Å². The van der Waals surface area contributed by atoms with Crippen molar-refractivity contribution in [1.29, 1.82) is 0 Å². The third kappa shape index (κ3) is 6.04.